The molecule has 0 aliphatic rings. The largest absolute Gasteiger partial charge is 0.481 e. The van der Waals surface area contributed by atoms with Gasteiger partial charge in [0.15, 0.2) is 0 Å². The maximum absolute atomic E-state index is 10.4. The van der Waals surface area contributed by atoms with Crippen LogP contribution in [0.3, 0.4) is 0 Å². The Morgan fingerprint density at radius 3 is 2.00 bits per heavy atom. The van der Waals surface area contributed by atoms with Crippen LogP contribution in [0, 0.1) is 5.41 Å². The maximum Gasteiger partial charge on any atom is 0.304 e. The van der Waals surface area contributed by atoms with Crippen molar-refractivity contribution in [2.24, 2.45) is 5.41 Å². The van der Waals surface area contributed by atoms with E-state index >= 15 is 0 Å². The summed E-state index contributed by atoms with van der Waals surface area (Å²) in [5.41, 5.74) is 0.245. The molecule has 0 spiro atoms. The minimum absolute atomic E-state index is 0.240. The first kappa shape index (κ1) is 16.8. The SMILES string of the molecule is CC.CCN(CCC(=O)O)CC(C)(C)C. The Bertz CT molecular complexity index is 161. The van der Waals surface area contributed by atoms with Crippen LogP contribution < -0.4 is 0 Å². The standard InChI is InChI=1S/C10H21NO2.C2H6/c1-5-11(7-6-9(12)13)8-10(2,3)4;1-2/h5-8H2,1-4H3,(H,12,13);1-2H3. The Kier molecular flexibility index (Phi) is 9.79. The summed E-state index contributed by atoms with van der Waals surface area (Å²) in [7, 11) is 0. The number of rotatable bonds is 5. The highest BCUT2D eigenvalue weighted by molar-refractivity contribution is 5.66. The van der Waals surface area contributed by atoms with Gasteiger partial charge in [-0.3, -0.25) is 4.79 Å². The van der Waals surface area contributed by atoms with Crippen molar-refractivity contribution in [3.63, 3.8) is 0 Å². The van der Waals surface area contributed by atoms with E-state index in [2.05, 4.69) is 32.6 Å². The van der Waals surface area contributed by atoms with E-state index in [4.69, 9.17) is 5.11 Å². The number of carbonyl (C=O) groups is 1. The molecule has 0 amide bonds. The molecule has 0 aliphatic carbocycles. The van der Waals surface area contributed by atoms with Gasteiger partial charge in [-0.1, -0.05) is 41.5 Å². The van der Waals surface area contributed by atoms with Crippen molar-refractivity contribution in [3.05, 3.63) is 0 Å². The first-order chi connectivity index (χ1) is 6.85. The van der Waals surface area contributed by atoms with E-state index in [0.29, 0.717) is 6.54 Å². The fraction of sp³-hybridized carbons (Fsp3) is 0.917. The van der Waals surface area contributed by atoms with Gasteiger partial charge in [-0.05, 0) is 12.0 Å². The van der Waals surface area contributed by atoms with Crippen LogP contribution in [0.2, 0.25) is 0 Å². The average molecular weight is 217 g/mol. The Balaban J connectivity index is 0. The highest BCUT2D eigenvalue weighted by atomic mass is 16.4. The van der Waals surface area contributed by atoms with Gasteiger partial charge in [0.05, 0.1) is 6.42 Å². The molecule has 0 fully saturated rings. The lowest BCUT2D eigenvalue weighted by Crippen LogP contribution is -2.34. The van der Waals surface area contributed by atoms with Crippen LogP contribution in [0.15, 0.2) is 0 Å². The Morgan fingerprint density at radius 1 is 1.27 bits per heavy atom. The molecule has 15 heavy (non-hydrogen) atoms. The molecule has 0 atom stereocenters. The Hall–Kier alpha value is -0.570. The van der Waals surface area contributed by atoms with Crippen LogP contribution in [-0.4, -0.2) is 35.6 Å². The minimum Gasteiger partial charge on any atom is -0.481 e. The van der Waals surface area contributed by atoms with Crippen molar-refractivity contribution in [1.82, 2.24) is 4.90 Å². The van der Waals surface area contributed by atoms with Crippen LogP contribution in [-0.2, 0) is 4.79 Å². The van der Waals surface area contributed by atoms with Gasteiger partial charge in [-0.2, -0.15) is 0 Å². The molecule has 0 aromatic heterocycles. The molecule has 92 valence electrons. The predicted octanol–water partition coefficient (Wildman–Crippen LogP) is 2.86. The van der Waals surface area contributed by atoms with Crippen LogP contribution in [0.1, 0.15) is 48.0 Å². The van der Waals surface area contributed by atoms with Crippen LogP contribution in [0.4, 0.5) is 0 Å². The first-order valence-electron chi connectivity index (χ1n) is 5.79. The molecule has 0 rings (SSSR count). The van der Waals surface area contributed by atoms with E-state index in [1.54, 1.807) is 0 Å². The lowest BCUT2D eigenvalue weighted by atomic mass is 9.96. The van der Waals surface area contributed by atoms with Crippen molar-refractivity contribution in [2.45, 2.75) is 48.0 Å². The van der Waals surface area contributed by atoms with Gasteiger partial charge in [0.25, 0.3) is 0 Å². The second kappa shape index (κ2) is 8.72. The average Bonchev–Trinajstić information content (AvgIpc) is 2.13. The van der Waals surface area contributed by atoms with E-state index in [-0.39, 0.29) is 11.8 Å². The summed E-state index contributed by atoms with van der Waals surface area (Å²) in [6.07, 6.45) is 0.240. The van der Waals surface area contributed by atoms with Crippen LogP contribution in [0.25, 0.3) is 0 Å². The van der Waals surface area contributed by atoms with Gasteiger partial charge in [-0.25, -0.2) is 0 Å². The van der Waals surface area contributed by atoms with E-state index < -0.39 is 5.97 Å². The molecule has 1 N–H and O–H groups in total. The molecule has 0 aromatic rings. The minimum atomic E-state index is -0.715. The monoisotopic (exact) mass is 217 g/mol. The summed E-state index contributed by atoms with van der Waals surface area (Å²) in [5.74, 6) is -0.715. The molecule has 0 heterocycles. The number of carboxylic acids is 1. The van der Waals surface area contributed by atoms with E-state index in [0.717, 1.165) is 13.1 Å². The van der Waals surface area contributed by atoms with Gasteiger partial charge >= 0.3 is 5.97 Å². The fourth-order valence-electron chi connectivity index (χ4n) is 1.27. The zero-order valence-corrected chi connectivity index (χ0v) is 11.1. The summed E-state index contributed by atoms with van der Waals surface area (Å²) >= 11 is 0. The molecule has 0 bridgehead atoms. The Labute approximate surface area is 94.5 Å². The molecule has 0 aliphatic heterocycles. The van der Waals surface area contributed by atoms with E-state index in [1.165, 1.54) is 0 Å². The molecule has 3 heteroatoms. The lowest BCUT2D eigenvalue weighted by Gasteiger charge is -2.28. The van der Waals surface area contributed by atoms with Crippen molar-refractivity contribution in [2.75, 3.05) is 19.6 Å². The molecule has 3 nitrogen and oxygen atoms in total. The van der Waals surface area contributed by atoms with Crippen molar-refractivity contribution < 1.29 is 9.90 Å². The summed E-state index contributed by atoms with van der Waals surface area (Å²) in [6, 6.07) is 0. The van der Waals surface area contributed by atoms with Gasteiger partial charge < -0.3 is 10.0 Å². The summed E-state index contributed by atoms with van der Waals surface area (Å²) < 4.78 is 0. The van der Waals surface area contributed by atoms with Crippen molar-refractivity contribution in [1.29, 1.82) is 0 Å². The smallest absolute Gasteiger partial charge is 0.304 e. The van der Waals surface area contributed by atoms with Gasteiger partial charge in [0.2, 0.25) is 0 Å². The summed E-state index contributed by atoms with van der Waals surface area (Å²) in [6.45, 7) is 15.1. The highest BCUT2D eigenvalue weighted by Gasteiger charge is 2.15. The van der Waals surface area contributed by atoms with Crippen molar-refractivity contribution >= 4 is 5.97 Å². The zero-order valence-electron chi connectivity index (χ0n) is 11.1. The van der Waals surface area contributed by atoms with Gasteiger partial charge in [-0.15, -0.1) is 0 Å². The highest BCUT2D eigenvalue weighted by Crippen LogP contribution is 2.14. The van der Waals surface area contributed by atoms with Crippen LogP contribution in [0.5, 0.6) is 0 Å². The molecule has 0 radical (unpaired) electrons. The Morgan fingerprint density at radius 2 is 1.73 bits per heavy atom. The third kappa shape index (κ3) is 13.4. The number of aliphatic carboxylic acids is 1. The topological polar surface area (TPSA) is 40.5 Å². The number of carboxylic acid groups (broad SMARTS) is 1. The molecule has 0 saturated heterocycles. The molecule has 0 saturated carbocycles. The summed E-state index contributed by atoms with van der Waals surface area (Å²) in [5, 5.41) is 8.53. The normalized spacial score (nSPS) is 10.9. The lowest BCUT2D eigenvalue weighted by molar-refractivity contribution is -0.137. The molecule has 0 unspecified atom stereocenters. The first-order valence-corrected chi connectivity index (χ1v) is 5.79. The predicted molar refractivity (Wildman–Crippen MR) is 65.2 cm³/mol. The second-order valence-corrected chi connectivity index (χ2v) is 4.57. The number of hydrogen-bond acceptors (Lipinski definition) is 2. The molecular formula is C12H27NO2. The third-order valence-electron chi connectivity index (χ3n) is 1.79. The number of nitrogens with zero attached hydrogens (tertiary/aromatic N) is 1. The van der Waals surface area contributed by atoms with Gasteiger partial charge in [0, 0.05) is 13.1 Å². The number of hydrogen-bond donors (Lipinski definition) is 1. The van der Waals surface area contributed by atoms with E-state index in [9.17, 15) is 4.79 Å². The second-order valence-electron chi connectivity index (χ2n) is 4.57. The zero-order chi connectivity index (χ0) is 12.5. The summed E-state index contributed by atoms with van der Waals surface area (Å²) in [4.78, 5) is 12.5. The van der Waals surface area contributed by atoms with E-state index in [1.807, 2.05) is 13.8 Å². The molecular weight excluding hydrogens is 190 g/mol. The maximum atomic E-state index is 10.4. The van der Waals surface area contributed by atoms with Crippen molar-refractivity contribution in [3.8, 4) is 0 Å². The quantitative estimate of drug-likeness (QED) is 0.770. The fourth-order valence-corrected chi connectivity index (χ4v) is 1.27. The van der Waals surface area contributed by atoms with Gasteiger partial charge in [0.1, 0.15) is 0 Å². The third-order valence-corrected chi connectivity index (χ3v) is 1.79. The van der Waals surface area contributed by atoms with Crippen LogP contribution >= 0.6 is 0 Å². The molecule has 0 aromatic carbocycles.